The Bertz CT molecular complexity index is 1340. The summed E-state index contributed by atoms with van der Waals surface area (Å²) in [6, 6.07) is 9.54. The molecule has 3 heterocycles. The third-order valence-corrected chi connectivity index (χ3v) is 5.08. The van der Waals surface area contributed by atoms with Crippen LogP contribution in [0.25, 0.3) is 10.9 Å². The molecule has 2 N–H and O–H groups in total. The van der Waals surface area contributed by atoms with Crippen molar-refractivity contribution < 1.29 is 14.5 Å². The van der Waals surface area contributed by atoms with E-state index in [0.29, 0.717) is 28.0 Å². The van der Waals surface area contributed by atoms with Crippen LogP contribution in [0.2, 0.25) is 0 Å². The Morgan fingerprint density at radius 2 is 1.65 bits per heavy atom. The van der Waals surface area contributed by atoms with Crippen molar-refractivity contribution in [2.24, 2.45) is 21.1 Å². The number of nitrogens with one attached hydrogen (secondary N) is 2. The van der Waals surface area contributed by atoms with Crippen LogP contribution in [-0.2, 0) is 21.1 Å². The van der Waals surface area contributed by atoms with Gasteiger partial charge in [-0.2, -0.15) is 0 Å². The lowest BCUT2D eigenvalue weighted by atomic mass is 10.2. The molecule has 10 heteroatoms. The Kier molecular flexibility index (Phi) is 4.82. The Balaban J connectivity index is 1.57. The number of fused-ring (bicyclic) bond motifs is 1. The summed E-state index contributed by atoms with van der Waals surface area (Å²) in [5.41, 5.74) is 2.25. The van der Waals surface area contributed by atoms with E-state index >= 15 is 0 Å². The van der Waals surface area contributed by atoms with Crippen molar-refractivity contribution in [2.75, 3.05) is 10.6 Å². The first-order valence-electron chi connectivity index (χ1n) is 9.38. The quantitative estimate of drug-likeness (QED) is 0.381. The van der Waals surface area contributed by atoms with E-state index in [1.165, 1.54) is 12.1 Å². The van der Waals surface area contributed by atoms with Crippen LogP contribution in [-0.4, -0.2) is 30.4 Å². The van der Waals surface area contributed by atoms with Gasteiger partial charge in [0.2, 0.25) is 0 Å². The molecule has 0 aliphatic rings. The van der Waals surface area contributed by atoms with Crippen molar-refractivity contribution in [1.29, 1.82) is 0 Å². The molecule has 0 aliphatic carbocycles. The van der Waals surface area contributed by atoms with Gasteiger partial charge in [0.15, 0.2) is 0 Å². The van der Waals surface area contributed by atoms with Crippen molar-refractivity contribution in [2.45, 2.75) is 0 Å². The van der Waals surface area contributed by atoms with Gasteiger partial charge in [0, 0.05) is 45.8 Å². The summed E-state index contributed by atoms with van der Waals surface area (Å²) in [5, 5.41) is 17.2. The number of nitro groups is 1. The topological polar surface area (TPSA) is 116 Å². The van der Waals surface area contributed by atoms with Crippen molar-refractivity contribution in [3.63, 3.8) is 0 Å². The van der Waals surface area contributed by atoms with Crippen LogP contribution in [0.3, 0.4) is 0 Å². The fourth-order valence-corrected chi connectivity index (χ4v) is 3.55. The number of hydrogen-bond donors (Lipinski definition) is 2. The van der Waals surface area contributed by atoms with Crippen LogP contribution in [0.5, 0.6) is 0 Å². The van der Waals surface area contributed by atoms with E-state index in [1.807, 2.05) is 17.8 Å². The average molecular weight is 420 g/mol. The molecule has 4 aromatic rings. The normalized spacial score (nSPS) is 10.9. The molecule has 0 saturated heterocycles. The van der Waals surface area contributed by atoms with E-state index in [2.05, 4.69) is 10.6 Å². The van der Waals surface area contributed by atoms with Crippen molar-refractivity contribution in [3.8, 4) is 0 Å². The summed E-state index contributed by atoms with van der Waals surface area (Å²) in [7, 11) is 5.23. The van der Waals surface area contributed by atoms with E-state index < -0.39 is 10.8 Å². The molecule has 2 amide bonds. The van der Waals surface area contributed by atoms with Gasteiger partial charge >= 0.3 is 0 Å². The molecule has 0 radical (unpaired) electrons. The number of non-ortho nitro benzene ring substituents is 1. The molecule has 0 unspecified atom stereocenters. The van der Waals surface area contributed by atoms with Gasteiger partial charge in [-0.1, -0.05) is 6.07 Å². The lowest BCUT2D eigenvalue weighted by Crippen LogP contribution is -2.15. The fourth-order valence-electron chi connectivity index (χ4n) is 3.55. The first kappa shape index (κ1) is 20.0. The second-order valence-corrected chi connectivity index (χ2v) is 7.25. The minimum absolute atomic E-state index is 0.0632. The van der Waals surface area contributed by atoms with E-state index in [-0.39, 0.29) is 17.3 Å². The fraction of sp³-hybridized carbons (Fsp3) is 0.143. The summed E-state index contributed by atoms with van der Waals surface area (Å²) in [5.74, 6) is -0.747. The Hall–Kier alpha value is -4.34. The molecule has 1 aromatic carbocycles. The standard InChI is InChI=1S/C21H20N6O4/c1-24-8-7-13(11-24)22-20(28)18-9-14(12-25(18)2)23-21(29)19-10-15-16(26(19)3)5-4-6-17(15)27(30)31/h4-12H,1-3H3,(H,22,28)(H,23,29). The maximum atomic E-state index is 12.9. The lowest BCUT2D eigenvalue weighted by molar-refractivity contribution is -0.383. The number of nitrogens with zero attached hydrogens (tertiary/aromatic N) is 4. The van der Waals surface area contributed by atoms with Gasteiger partial charge < -0.3 is 24.3 Å². The number of aromatic nitrogens is 3. The maximum Gasteiger partial charge on any atom is 0.278 e. The number of carbonyl (C=O) groups is 2. The van der Waals surface area contributed by atoms with Crippen LogP contribution in [0.15, 0.2) is 55.0 Å². The molecule has 4 rings (SSSR count). The van der Waals surface area contributed by atoms with E-state index in [0.717, 1.165) is 0 Å². The number of anilines is 2. The molecule has 0 bridgehead atoms. The van der Waals surface area contributed by atoms with Crippen molar-refractivity contribution >= 4 is 39.8 Å². The van der Waals surface area contributed by atoms with Gasteiger partial charge in [-0.05, 0) is 24.3 Å². The number of rotatable bonds is 5. The van der Waals surface area contributed by atoms with E-state index in [1.54, 1.807) is 59.9 Å². The Morgan fingerprint density at radius 1 is 0.935 bits per heavy atom. The van der Waals surface area contributed by atoms with Gasteiger partial charge in [0.1, 0.15) is 11.4 Å². The predicted molar refractivity (Wildman–Crippen MR) is 116 cm³/mol. The number of benzene rings is 1. The average Bonchev–Trinajstić information content (AvgIpc) is 3.39. The summed E-state index contributed by atoms with van der Waals surface area (Å²) in [4.78, 5) is 36.2. The summed E-state index contributed by atoms with van der Waals surface area (Å²) in [6.45, 7) is 0. The highest BCUT2D eigenvalue weighted by Gasteiger charge is 2.21. The van der Waals surface area contributed by atoms with Crippen LogP contribution in [0, 0.1) is 10.1 Å². The number of nitro benzene ring substituents is 1. The molecule has 3 aromatic heterocycles. The monoisotopic (exact) mass is 420 g/mol. The molecule has 158 valence electrons. The second kappa shape index (κ2) is 7.48. The highest BCUT2D eigenvalue weighted by molar-refractivity contribution is 6.09. The van der Waals surface area contributed by atoms with Gasteiger partial charge in [0.05, 0.1) is 27.2 Å². The summed E-state index contributed by atoms with van der Waals surface area (Å²) < 4.78 is 5.03. The first-order valence-corrected chi connectivity index (χ1v) is 9.38. The SMILES string of the molecule is Cn1ccc(NC(=O)c2cc(NC(=O)c3cc4c([N+](=O)[O-])cccc4n3C)cn2C)c1. The third-order valence-electron chi connectivity index (χ3n) is 5.08. The summed E-state index contributed by atoms with van der Waals surface area (Å²) >= 11 is 0. The zero-order valence-electron chi connectivity index (χ0n) is 17.1. The first-order chi connectivity index (χ1) is 14.7. The Morgan fingerprint density at radius 3 is 2.32 bits per heavy atom. The minimum atomic E-state index is -0.473. The number of amides is 2. The predicted octanol–water partition coefficient (Wildman–Crippen LogP) is 3.27. The molecule has 31 heavy (non-hydrogen) atoms. The number of hydrogen-bond acceptors (Lipinski definition) is 4. The lowest BCUT2D eigenvalue weighted by Gasteiger charge is -2.04. The van der Waals surface area contributed by atoms with Crippen molar-refractivity contribution in [1.82, 2.24) is 13.7 Å². The number of aryl methyl sites for hydroxylation is 3. The van der Waals surface area contributed by atoms with Crippen LogP contribution < -0.4 is 10.6 Å². The zero-order valence-corrected chi connectivity index (χ0v) is 17.1. The van der Waals surface area contributed by atoms with E-state index in [4.69, 9.17) is 0 Å². The molecule has 0 fully saturated rings. The van der Waals surface area contributed by atoms with E-state index in [9.17, 15) is 19.7 Å². The van der Waals surface area contributed by atoms with Gasteiger partial charge in [-0.3, -0.25) is 19.7 Å². The molecule has 10 nitrogen and oxygen atoms in total. The van der Waals surface area contributed by atoms with Crippen LogP contribution in [0.4, 0.5) is 17.1 Å². The molecule has 0 atom stereocenters. The van der Waals surface area contributed by atoms with Crippen molar-refractivity contribution in [3.05, 3.63) is 76.5 Å². The minimum Gasteiger partial charge on any atom is -0.355 e. The van der Waals surface area contributed by atoms with Gasteiger partial charge in [-0.25, -0.2) is 0 Å². The Labute approximate surface area is 176 Å². The highest BCUT2D eigenvalue weighted by atomic mass is 16.6. The smallest absolute Gasteiger partial charge is 0.278 e. The summed E-state index contributed by atoms with van der Waals surface area (Å²) in [6.07, 6.45) is 5.23. The third kappa shape index (κ3) is 3.66. The maximum absolute atomic E-state index is 12.9. The number of carbonyl (C=O) groups excluding carboxylic acids is 2. The molecule has 0 saturated carbocycles. The molecular weight excluding hydrogens is 400 g/mol. The largest absolute Gasteiger partial charge is 0.355 e. The van der Waals surface area contributed by atoms with Crippen LogP contribution >= 0.6 is 0 Å². The van der Waals surface area contributed by atoms with Gasteiger partial charge in [0.25, 0.3) is 17.5 Å². The molecule has 0 aliphatic heterocycles. The van der Waals surface area contributed by atoms with Gasteiger partial charge in [-0.15, -0.1) is 0 Å². The molecule has 0 spiro atoms. The van der Waals surface area contributed by atoms with Crippen LogP contribution in [0.1, 0.15) is 21.0 Å². The highest BCUT2D eigenvalue weighted by Crippen LogP contribution is 2.28. The zero-order chi connectivity index (χ0) is 22.3. The second-order valence-electron chi connectivity index (χ2n) is 7.25. The molecular formula is C21H20N6O4.